The molecule has 0 aromatic rings. The Morgan fingerprint density at radius 3 is 2.44 bits per heavy atom. The van der Waals surface area contributed by atoms with Crippen molar-refractivity contribution in [3.8, 4) is 0 Å². The maximum Gasteiger partial charge on any atom is 0.325 e. The number of carbonyl (C=O) groups is 2. The second-order valence-corrected chi connectivity index (χ2v) is 7.50. The quantitative estimate of drug-likeness (QED) is 0.135. The molecule has 0 bridgehead atoms. The summed E-state index contributed by atoms with van der Waals surface area (Å²) in [6, 6.07) is -0.293. The van der Waals surface area contributed by atoms with Gasteiger partial charge in [0.1, 0.15) is 5.54 Å². The van der Waals surface area contributed by atoms with E-state index in [1.165, 1.54) is 17.7 Å². The molecule has 8 heteroatoms. The van der Waals surface area contributed by atoms with Crippen molar-refractivity contribution in [3.63, 3.8) is 0 Å². The van der Waals surface area contributed by atoms with Crippen LogP contribution in [0, 0.1) is 5.92 Å². The summed E-state index contributed by atoms with van der Waals surface area (Å²) in [5.41, 5.74) is -0.757. The molecule has 3 amide bonds. The Labute approximate surface area is 181 Å². The summed E-state index contributed by atoms with van der Waals surface area (Å²) in [7, 11) is 0. The van der Waals surface area contributed by atoms with Gasteiger partial charge in [-0.3, -0.25) is 14.7 Å². The molecule has 158 valence electrons. The maximum absolute atomic E-state index is 12.3. The molecule has 0 spiro atoms. The summed E-state index contributed by atoms with van der Waals surface area (Å²) in [4.78, 5) is 30.2. The summed E-state index contributed by atoms with van der Waals surface area (Å²) in [6.07, 6.45) is 4.84. The first-order valence-electron chi connectivity index (χ1n) is 10.00. The Balaban J connectivity index is 0.00000676. The third-order valence-corrected chi connectivity index (χ3v) is 4.71. The third kappa shape index (κ3) is 8.66. The zero-order valence-electron chi connectivity index (χ0n) is 17.6. The van der Waals surface area contributed by atoms with Crippen molar-refractivity contribution in [1.82, 2.24) is 20.9 Å². The highest BCUT2D eigenvalue weighted by molar-refractivity contribution is 14.0. The summed E-state index contributed by atoms with van der Waals surface area (Å²) in [6.45, 7) is 12.9. The molecule has 1 fully saturated rings. The number of hydrogen-bond acceptors (Lipinski definition) is 3. The highest BCUT2D eigenvalue weighted by Crippen LogP contribution is 2.20. The van der Waals surface area contributed by atoms with Gasteiger partial charge in [0, 0.05) is 26.2 Å². The Morgan fingerprint density at radius 1 is 1.19 bits per heavy atom. The van der Waals surface area contributed by atoms with E-state index in [0.29, 0.717) is 25.9 Å². The lowest BCUT2D eigenvalue weighted by Gasteiger charge is -2.19. The summed E-state index contributed by atoms with van der Waals surface area (Å²) < 4.78 is 0. The van der Waals surface area contributed by atoms with Crippen LogP contribution in [-0.4, -0.2) is 54.5 Å². The predicted octanol–water partition coefficient (Wildman–Crippen LogP) is 3.10. The van der Waals surface area contributed by atoms with E-state index in [-0.39, 0.29) is 35.9 Å². The highest BCUT2D eigenvalue weighted by Gasteiger charge is 2.45. The number of unbranched alkanes of at least 4 members (excludes halogenated alkanes) is 1. The molecule has 7 nitrogen and oxygen atoms in total. The molecular weight excluding hydrogens is 457 g/mol. The SMILES string of the molecule is CCNC(=NCCCN1C(=O)NC(C)(CC)C1=O)NCCCCC(C)C.I. The van der Waals surface area contributed by atoms with Gasteiger partial charge in [-0.25, -0.2) is 4.79 Å². The normalized spacial score (nSPS) is 19.9. The molecule has 0 radical (unpaired) electrons. The fraction of sp³-hybridized carbons (Fsp3) is 0.842. The second-order valence-electron chi connectivity index (χ2n) is 7.50. The molecule has 1 heterocycles. The topological polar surface area (TPSA) is 85.8 Å². The molecule has 0 aromatic heterocycles. The summed E-state index contributed by atoms with van der Waals surface area (Å²) in [5.74, 6) is 1.41. The van der Waals surface area contributed by atoms with Gasteiger partial charge in [0.05, 0.1) is 0 Å². The number of aliphatic imine (C=N–C) groups is 1. The minimum Gasteiger partial charge on any atom is -0.357 e. The van der Waals surface area contributed by atoms with Gasteiger partial charge < -0.3 is 16.0 Å². The van der Waals surface area contributed by atoms with E-state index >= 15 is 0 Å². The van der Waals surface area contributed by atoms with E-state index in [1.54, 1.807) is 6.92 Å². The van der Waals surface area contributed by atoms with Gasteiger partial charge in [0.2, 0.25) is 0 Å². The Kier molecular flexibility index (Phi) is 12.7. The number of halogens is 1. The van der Waals surface area contributed by atoms with Crippen molar-refractivity contribution < 1.29 is 9.59 Å². The predicted molar refractivity (Wildman–Crippen MR) is 122 cm³/mol. The number of nitrogens with one attached hydrogen (secondary N) is 3. The first kappa shape index (κ1) is 25.9. The smallest absolute Gasteiger partial charge is 0.325 e. The monoisotopic (exact) mass is 495 g/mol. The van der Waals surface area contributed by atoms with Crippen LogP contribution < -0.4 is 16.0 Å². The van der Waals surface area contributed by atoms with Crippen LogP contribution in [-0.2, 0) is 4.79 Å². The second kappa shape index (κ2) is 13.2. The number of hydrogen-bond donors (Lipinski definition) is 3. The largest absolute Gasteiger partial charge is 0.357 e. The fourth-order valence-electron chi connectivity index (χ4n) is 2.84. The average Bonchev–Trinajstić information content (AvgIpc) is 2.81. The van der Waals surface area contributed by atoms with Gasteiger partial charge in [0.15, 0.2) is 5.96 Å². The van der Waals surface area contributed by atoms with E-state index in [0.717, 1.165) is 31.4 Å². The molecule has 1 aliphatic heterocycles. The summed E-state index contributed by atoms with van der Waals surface area (Å²) in [5, 5.41) is 9.35. The number of imide groups is 1. The zero-order valence-corrected chi connectivity index (χ0v) is 19.9. The van der Waals surface area contributed by atoms with E-state index in [1.807, 2.05) is 13.8 Å². The first-order valence-corrected chi connectivity index (χ1v) is 10.00. The first-order chi connectivity index (χ1) is 12.3. The van der Waals surface area contributed by atoms with Crippen LogP contribution in [0.3, 0.4) is 0 Å². The van der Waals surface area contributed by atoms with E-state index < -0.39 is 5.54 Å². The van der Waals surface area contributed by atoms with Crippen LogP contribution in [0.1, 0.15) is 66.7 Å². The number of amides is 3. The van der Waals surface area contributed by atoms with Crippen molar-refractivity contribution in [3.05, 3.63) is 0 Å². The van der Waals surface area contributed by atoms with E-state index in [2.05, 4.69) is 34.8 Å². The Bertz CT molecular complexity index is 498. The van der Waals surface area contributed by atoms with Gasteiger partial charge in [-0.05, 0) is 39.0 Å². The molecule has 3 N–H and O–H groups in total. The van der Waals surface area contributed by atoms with Crippen LogP contribution in [0.4, 0.5) is 4.79 Å². The molecule has 1 atom stereocenters. The van der Waals surface area contributed by atoms with E-state index in [4.69, 9.17) is 0 Å². The van der Waals surface area contributed by atoms with Gasteiger partial charge in [-0.15, -0.1) is 24.0 Å². The minimum atomic E-state index is -0.757. The molecule has 27 heavy (non-hydrogen) atoms. The van der Waals surface area contributed by atoms with Crippen molar-refractivity contribution in [2.75, 3.05) is 26.2 Å². The lowest BCUT2D eigenvalue weighted by Crippen LogP contribution is -2.43. The Morgan fingerprint density at radius 2 is 1.89 bits per heavy atom. The van der Waals surface area contributed by atoms with Crippen molar-refractivity contribution in [2.24, 2.45) is 10.9 Å². The van der Waals surface area contributed by atoms with Crippen LogP contribution in [0.5, 0.6) is 0 Å². The standard InChI is InChI=1S/C19H37N5O2.HI/c1-6-19(5)16(25)24(18(26)23-19)14-10-13-22-17(20-7-2)21-12-9-8-11-15(3)4;/h15H,6-14H2,1-5H3,(H,23,26)(H2,20,21,22);1H. The van der Waals surface area contributed by atoms with Crippen molar-refractivity contribution >= 4 is 41.9 Å². The van der Waals surface area contributed by atoms with Crippen LogP contribution in [0.2, 0.25) is 0 Å². The minimum absolute atomic E-state index is 0. The highest BCUT2D eigenvalue weighted by atomic mass is 127. The molecule has 0 aromatic carbocycles. The number of rotatable bonds is 11. The number of nitrogens with zero attached hydrogens (tertiary/aromatic N) is 2. The number of carbonyl (C=O) groups excluding carboxylic acids is 2. The molecule has 0 saturated carbocycles. The van der Waals surface area contributed by atoms with Crippen LogP contribution in [0.25, 0.3) is 0 Å². The molecule has 0 aliphatic carbocycles. The molecule has 1 rings (SSSR count). The molecular formula is C19H38IN5O2. The van der Waals surface area contributed by atoms with Crippen LogP contribution in [0.15, 0.2) is 4.99 Å². The lowest BCUT2D eigenvalue weighted by molar-refractivity contribution is -0.130. The lowest BCUT2D eigenvalue weighted by atomic mass is 9.99. The van der Waals surface area contributed by atoms with E-state index in [9.17, 15) is 9.59 Å². The number of guanidine groups is 1. The molecule has 1 aliphatic rings. The average molecular weight is 495 g/mol. The van der Waals surface area contributed by atoms with Crippen molar-refractivity contribution in [1.29, 1.82) is 0 Å². The summed E-state index contributed by atoms with van der Waals surface area (Å²) >= 11 is 0. The zero-order chi connectivity index (χ0) is 19.6. The van der Waals surface area contributed by atoms with Crippen LogP contribution >= 0.6 is 24.0 Å². The van der Waals surface area contributed by atoms with Gasteiger partial charge in [-0.2, -0.15) is 0 Å². The molecule has 1 saturated heterocycles. The Hall–Kier alpha value is -1.06. The third-order valence-electron chi connectivity index (χ3n) is 4.71. The maximum atomic E-state index is 12.3. The number of urea groups is 1. The van der Waals surface area contributed by atoms with Gasteiger partial charge >= 0.3 is 6.03 Å². The van der Waals surface area contributed by atoms with Crippen molar-refractivity contribution in [2.45, 2.75) is 72.3 Å². The van der Waals surface area contributed by atoms with Gasteiger partial charge in [-0.1, -0.05) is 33.6 Å². The molecule has 1 unspecified atom stereocenters. The van der Waals surface area contributed by atoms with Gasteiger partial charge in [0.25, 0.3) is 5.91 Å². The fourth-order valence-corrected chi connectivity index (χ4v) is 2.84.